The molecule has 2 nitrogen and oxygen atoms in total. The molecule has 1 aromatic heterocycles. The number of hydrogen-bond acceptors (Lipinski definition) is 2. The van der Waals surface area contributed by atoms with Crippen LogP contribution in [0.25, 0.3) is 0 Å². The summed E-state index contributed by atoms with van der Waals surface area (Å²) in [6.07, 6.45) is 0. The molecule has 0 bridgehead atoms. The third kappa shape index (κ3) is 3.65. The van der Waals surface area contributed by atoms with Gasteiger partial charge < -0.3 is 5.32 Å². The second-order valence-electron chi connectivity index (χ2n) is 5.24. The van der Waals surface area contributed by atoms with E-state index in [-0.39, 0.29) is 0 Å². The minimum atomic E-state index is 0.814. The van der Waals surface area contributed by atoms with Crippen LogP contribution in [0.1, 0.15) is 33.6 Å². The van der Waals surface area contributed by atoms with Crippen molar-refractivity contribution in [2.45, 2.75) is 40.8 Å². The Hall–Kier alpha value is -1.67. The van der Waals surface area contributed by atoms with Crippen molar-refractivity contribution in [3.05, 3.63) is 64.0 Å². The second-order valence-corrected chi connectivity index (χ2v) is 5.24. The summed E-state index contributed by atoms with van der Waals surface area (Å²) in [7, 11) is 0. The van der Waals surface area contributed by atoms with Crippen molar-refractivity contribution in [3.63, 3.8) is 0 Å². The lowest BCUT2D eigenvalue weighted by molar-refractivity contribution is 0.675. The Balaban J connectivity index is 1.98. The van der Waals surface area contributed by atoms with Gasteiger partial charge in [0.1, 0.15) is 0 Å². The Morgan fingerprint density at radius 3 is 2.37 bits per heavy atom. The van der Waals surface area contributed by atoms with Crippen LogP contribution in [0.5, 0.6) is 0 Å². The van der Waals surface area contributed by atoms with Crippen LogP contribution in [-0.4, -0.2) is 4.98 Å². The fourth-order valence-corrected chi connectivity index (χ4v) is 2.23. The van der Waals surface area contributed by atoms with Gasteiger partial charge in [-0.25, -0.2) is 0 Å². The molecule has 0 fully saturated rings. The van der Waals surface area contributed by atoms with Crippen molar-refractivity contribution in [3.8, 4) is 0 Å². The molecule has 0 saturated heterocycles. The number of rotatable bonds is 4. The average molecular weight is 254 g/mol. The smallest absolute Gasteiger partial charge is 0.0544 e. The lowest BCUT2D eigenvalue weighted by atomic mass is 10.0. The molecular weight excluding hydrogens is 232 g/mol. The van der Waals surface area contributed by atoms with Crippen LogP contribution in [0, 0.1) is 27.7 Å². The molecule has 2 aromatic rings. The van der Waals surface area contributed by atoms with E-state index in [1.165, 1.54) is 22.3 Å². The predicted octanol–water partition coefficient (Wildman–Crippen LogP) is 3.61. The molecule has 1 aromatic carbocycles. The minimum Gasteiger partial charge on any atom is -0.307 e. The molecule has 2 heteroatoms. The van der Waals surface area contributed by atoms with Crippen molar-refractivity contribution in [2.24, 2.45) is 0 Å². The van der Waals surface area contributed by atoms with Gasteiger partial charge in [-0.1, -0.05) is 18.2 Å². The van der Waals surface area contributed by atoms with E-state index in [0.717, 1.165) is 24.5 Å². The Morgan fingerprint density at radius 1 is 0.895 bits per heavy atom. The van der Waals surface area contributed by atoms with Gasteiger partial charge in [0.25, 0.3) is 0 Å². The van der Waals surface area contributed by atoms with Gasteiger partial charge in [0.05, 0.1) is 5.69 Å². The number of nitrogens with zero attached hydrogens (tertiary/aromatic N) is 1. The maximum atomic E-state index is 4.50. The summed E-state index contributed by atoms with van der Waals surface area (Å²) in [5.41, 5.74) is 7.62. The average Bonchev–Trinajstić information content (AvgIpc) is 2.35. The van der Waals surface area contributed by atoms with E-state index in [1.807, 2.05) is 13.0 Å². The SMILES string of the molecule is Cc1cccc(CNCc2cc(C)c(C)cc2C)n1. The molecule has 1 heterocycles. The van der Waals surface area contributed by atoms with Crippen molar-refractivity contribution in [2.75, 3.05) is 0 Å². The molecule has 1 N–H and O–H groups in total. The first-order valence-corrected chi connectivity index (χ1v) is 6.76. The molecule has 0 aliphatic heterocycles. The third-order valence-corrected chi connectivity index (χ3v) is 3.52. The summed E-state index contributed by atoms with van der Waals surface area (Å²) in [6.45, 7) is 10.2. The van der Waals surface area contributed by atoms with Gasteiger partial charge in [-0.2, -0.15) is 0 Å². The van der Waals surface area contributed by atoms with Crippen LogP contribution >= 0.6 is 0 Å². The fourth-order valence-electron chi connectivity index (χ4n) is 2.23. The van der Waals surface area contributed by atoms with Crippen molar-refractivity contribution in [1.29, 1.82) is 0 Å². The fraction of sp³-hybridized carbons (Fsp3) is 0.353. The summed E-state index contributed by atoms with van der Waals surface area (Å²) >= 11 is 0. The van der Waals surface area contributed by atoms with Crippen LogP contribution in [-0.2, 0) is 13.1 Å². The monoisotopic (exact) mass is 254 g/mol. The van der Waals surface area contributed by atoms with Crippen molar-refractivity contribution >= 4 is 0 Å². The van der Waals surface area contributed by atoms with E-state index in [4.69, 9.17) is 0 Å². The summed E-state index contributed by atoms with van der Waals surface area (Å²) in [4.78, 5) is 4.50. The van der Waals surface area contributed by atoms with E-state index in [0.29, 0.717) is 0 Å². The highest BCUT2D eigenvalue weighted by Gasteiger charge is 2.02. The van der Waals surface area contributed by atoms with E-state index in [1.54, 1.807) is 0 Å². The molecule has 19 heavy (non-hydrogen) atoms. The van der Waals surface area contributed by atoms with E-state index < -0.39 is 0 Å². The predicted molar refractivity (Wildman–Crippen MR) is 80.2 cm³/mol. The number of aromatic nitrogens is 1. The van der Waals surface area contributed by atoms with Gasteiger partial charge in [-0.05, 0) is 62.1 Å². The maximum Gasteiger partial charge on any atom is 0.0544 e. The summed E-state index contributed by atoms with van der Waals surface area (Å²) in [5.74, 6) is 0. The maximum absolute atomic E-state index is 4.50. The minimum absolute atomic E-state index is 0.814. The van der Waals surface area contributed by atoms with Crippen LogP contribution in [0.2, 0.25) is 0 Å². The zero-order chi connectivity index (χ0) is 13.8. The molecule has 100 valence electrons. The van der Waals surface area contributed by atoms with Crippen molar-refractivity contribution in [1.82, 2.24) is 10.3 Å². The van der Waals surface area contributed by atoms with Crippen LogP contribution in [0.15, 0.2) is 30.3 Å². The van der Waals surface area contributed by atoms with Gasteiger partial charge in [0.2, 0.25) is 0 Å². The standard InChI is InChI=1S/C17H22N2/c1-12-8-14(3)16(9-13(12)2)10-18-11-17-7-5-6-15(4)19-17/h5-9,18H,10-11H2,1-4H3. The van der Waals surface area contributed by atoms with Crippen LogP contribution < -0.4 is 5.32 Å². The lowest BCUT2D eigenvalue weighted by Crippen LogP contribution is -2.15. The molecule has 0 aliphatic carbocycles. The largest absolute Gasteiger partial charge is 0.307 e. The zero-order valence-corrected chi connectivity index (χ0v) is 12.2. The van der Waals surface area contributed by atoms with Crippen LogP contribution in [0.4, 0.5) is 0 Å². The quantitative estimate of drug-likeness (QED) is 0.901. The molecule has 0 amide bonds. The summed E-state index contributed by atoms with van der Waals surface area (Å²) in [6, 6.07) is 10.7. The molecule has 0 spiro atoms. The topological polar surface area (TPSA) is 24.9 Å². The normalized spacial score (nSPS) is 10.7. The van der Waals surface area contributed by atoms with Gasteiger partial charge in [0.15, 0.2) is 0 Å². The molecule has 0 aliphatic rings. The lowest BCUT2D eigenvalue weighted by Gasteiger charge is -2.11. The van der Waals surface area contributed by atoms with E-state index >= 15 is 0 Å². The van der Waals surface area contributed by atoms with Crippen LogP contribution in [0.3, 0.4) is 0 Å². The third-order valence-electron chi connectivity index (χ3n) is 3.52. The number of nitrogens with one attached hydrogen (secondary N) is 1. The first-order chi connectivity index (χ1) is 9.06. The van der Waals surface area contributed by atoms with E-state index in [2.05, 4.69) is 55.3 Å². The highest BCUT2D eigenvalue weighted by molar-refractivity contribution is 5.36. The number of aryl methyl sites for hydroxylation is 4. The Kier molecular flexibility index (Phi) is 4.33. The molecule has 0 atom stereocenters. The summed E-state index contributed by atoms with van der Waals surface area (Å²) < 4.78 is 0. The van der Waals surface area contributed by atoms with Crippen molar-refractivity contribution < 1.29 is 0 Å². The Morgan fingerprint density at radius 2 is 1.63 bits per heavy atom. The number of pyridine rings is 1. The van der Waals surface area contributed by atoms with Gasteiger partial charge in [-0.3, -0.25) is 4.98 Å². The number of hydrogen-bond donors (Lipinski definition) is 1. The van der Waals surface area contributed by atoms with E-state index in [9.17, 15) is 0 Å². The number of benzene rings is 1. The first-order valence-electron chi connectivity index (χ1n) is 6.76. The summed E-state index contributed by atoms with van der Waals surface area (Å²) in [5, 5.41) is 3.47. The highest BCUT2D eigenvalue weighted by Crippen LogP contribution is 2.15. The Labute approximate surface area is 115 Å². The molecular formula is C17H22N2. The highest BCUT2D eigenvalue weighted by atomic mass is 14.9. The molecule has 0 unspecified atom stereocenters. The second kappa shape index (κ2) is 5.98. The Bertz CT molecular complexity index is 573. The first kappa shape index (κ1) is 13.8. The zero-order valence-electron chi connectivity index (χ0n) is 12.2. The molecule has 0 saturated carbocycles. The van der Waals surface area contributed by atoms with Gasteiger partial charge in [-0.15, -0.1) is 0 Å². The van der Waals surface area contributed by atoms with Gasteiger partial charge >= 0.3 is 0 Å². The molecule has 0 radical (unpaired) electrons. The molecule has 2 rings (SSSR count). The van der Waals surface area contributed by atoms with Gasteiger partial charge in [0, 0.05) is 18.8 Å².